The highest BCUT2D eigenvalue weighted by Gasteiger charge is 2.24. The van der Waals surface area contributed by atoms with Crippen molar-refractivity contribution in [1.82, 2.24) is 9.55 Å². The molecule has 1 saturated heterocycles. The molecule has 0 aromatic carbocycles. The molecule has 2 rings (SSSR count). The summed E-state index contributed by atoms with van der Waals surface area (Å²) in [7, 11) is 0. The van der Waals surface area contributed by atoms with Gasteiger partial charge in [-0.2, -0.15) is 0 Å². The van der Waals surface area contributed by atoms with E-state index in [1.54, 1.807) is 17.0 Å². The van der Waals surface area contributed by atoms with E-state index in [0.29, 0.717) is 18.3 Å². The number of anilines is 1. The van der Waals surface area contributed by atoms with Crippen LogP contribution in [0.25, 0.3) is 0 Å². The number of piperidine rings is 1. The summed E-state index contributed by atoms with van der Waals surface area (Å²) in [5.74, 6) is 1.17. The molecule has 2 N–H and O–H groups in total. The van der Waals surface area contributed by atoms with E-state index >= 15 is 0 Å². The van der Waals surface area contributed by atoms with Crippen LogP contribution in [0.3, 0.4) is 0 Å². The van der Waals surface area contributed by atoms with Crippen molar-refractivity contribution in [3.63, 3.8) is 0 Å². The van der Waals surface area contributed by atoms with Crippen LogP contribution in [0.2, 0.25) is 0 Å². The molecule has 112 valence electrons. The maximum absolute atomic E-state index is 12.6. The fourth-order valence-electron chi connectivity index (χ4n) is 2.88. The normalized spacial score (nSPS) is 20.2. The Kier molecular flexibility index (Phi) is 4.48. The first-order valence-corrected chi connectivity index (χ1v) is 7.46. The summed E-state index contributed by atoms with van der Waals surface area (Å²) >= 11 is 0. The third-order valence-corrected chi connectivity index (χ3v) is 3.94. The van der Waals surface area contributed by atoms with Crippen molar-refractivity contribution < 1.29 is 0 Å². The molecule has 0 amide bonds. The maximum atomic E-state index is 12.6. The van der Waals surface area contributed by atoms with Gasteiger partial charge in [0.15, 0.2) is 5.82 Å². The topological polar surface area (TPSA) is 64.2 Å². The Labute approximate surface area is 120 Å². The molecule has 0 bridgehead atoms. The largest absolute Gasteiger partial charge is 0.352 e. The van der Waals surface area contributed by atoms with E-state index in [0.717, 1.165) is 25.9 Å². The van der Waals surface area contributed by atoms with Gasteiger partial charge in [-0.25, -0.2) is 4.98 Å². The quantitative estimate of drug-likeness (QED) is 0.911. The average molecular weight is 278 g/mol. The molecule has 0 aliphatic carbocycles. The maximum Gasteiger partial charge on any atom is 0.293 e. The second kappa shape index (κ2) is 5.95. The Hall–Kier alpha value is -1.36. The molecule has 1 aliphatic rings. The van der Waals surface area contributed by atoms with Gasteiger partial charge in [0.05, 0.1) is 0 Å². The molecule has 1 fully saturated rings. The highest BCUT2D eigenvalue weighted by atomic mass is 16.1. The van der Waals surface area contributed by atoms with Crippen LogP contribution in [0.4, 0.5) is 5.82 Å². The summed E-state index contributed by atoms with van der Waals surface area (Å²) in [5.41, 5.74) is 5.44. The second-order valence-corrected chi connectivity index (χ2v) is 6.63. The Morgan fingerprint density at radius 2 is 2.20 bits per heavy atom. The first kappa shape index (κ1) is 15.0. The van der Waals surface area contributed by atoms with Crippen LogP contribution in [-0.4, -0.2) is 29.2 Å². The summed E-state index contributed by atoms with van der Waals surface area (Å²) in [6.07, 6.45) is 6.84. The zero-order chi connectivity index (χ0) is 14.8. The Bertz CT molecular complexity index is 501. The lowest BCUT2D eigenvalue weighted by Crippen LogP contribution is -2.43. The van der Waals surface area contributed by atoms with Gasteiger partial charge in [-0.15, -0.1) is 0 Å². The molecular weight excluding hydrogens is 252 g/mol. The van der Waals surface area contributed by atoms with Crippen LogP contribution >= 0.6 is 0 Å². The van der Waals surface area contributed by atoms with Crippen LogP contribution < -0.4 is 16.2 Å². The SMILES string of the molecule is CC(C)(C)n1ccnc(N2CCCC(CCN)C2)c1=O. The third kappa shape index (κ3) is 3.20. The van der Waals surface area contributed by atoms with Crippen molar-refractivity contribution in [1.29, 1.82) is 0 Å². The highest BCUT2D eigenvalue weighted by Crippen LogP contribution is 2.22. The monoisotopic (exact) mass is 278 g/mol. The van der Waals surface area contributed by atoms with Gasteiger partial charge in [-0.3, -0.25) is 4.79 Å². The molecule has 1 aliphatic heterocycles. The molecule has 0 radical (unpaired) electrons. The van der Waals surface area contributed by atoms with Gasteiger partial charge in [0.1, 0.15) is 0 Å². The fourth-order valence-corrected chi connectivity index (χ4v) is 2.88. The molecule has 5 heteroatoms. The van der Waals surface area contributed by atoms with Crippen LogP contribution in [0, 0.1) is 5.92 Å². The minimum Gasteiger partial charge on any atom is -0.352 e. The lowest BCUT2D eigenvalue weighted by Gasteiger charge is -2.33. The standard InChI is InChI=1S/C15H26N4O/c1-15(2,3)19-10-8-17-13(14(19)20)18-9-4-5-12(11-18)6-7-16/h8,10,12H,4-7,9,11,16H2,1-3H3. The molecule has 2 heterocycles. The first-order valence-electron chi connectivity index (χ1n) is 7.46. The fraction of sp³-hybridized carbons (Fsp3) is 0.733. The third-order valence-electron chi connectivity index (χ3n) is 3.94. The zero-order valence-electron chi connectivity index (χ0n) is 12.8. The molecule has 1 unspecified atom stereocenters. The van der Waals surface area contributed by atoms with E-state index in [1.807, 2.05) is 20.8 Å². The van der Waals surface area contributed by atoms with Gasteiger partial charge < -0.3 is 15.2 Å². The molecule has 1 aromatic rings. The van der Waals surface area contributed by atoms with Crippen molar-refractivity contribution in [2.24, 2.45) is 11.7 Å². The van der Waals surface area contributed by atoms with E-state index < -0.39 is 0 Å². The Morgan fingerprint density at radius 1 is 1.45 bits per heavy atom. The van der Waals surface area contributed by atoms with Crippen LogP contribution in [0.1, 0.15) is 40.0 Å². The number of rotatable bonds is 3. The van der Waals surface area contributed by atoms with Gasteiger partial charge in [-0.05, 0) is 52.5 Å². The number of aromatic nitrogens is 2. The molecule has 1 atom stereocenters. The van der Waals surface area contributed by atoms with E-state index in [1.165, 1.54) is 6.42 Å². The zero-order valence-corrected chi connectivity index (χ0v) is 12.8. The second-order valence-electron chi connectivity index (χ2n) is 6.63. The molecule has 0 spiro atoms. The summed E-state index contributed by atoms with van der Waals surface area (Å²) in [5, 5.41) is 0. The van der Waals surface area contributed by atoms with Crippen molar-refractivity contribution >= 4 is 5.82 Å². The first-order chi connectivity index (χ1) is 9.43. The van der Waals surface area contributed by atoms with Gasteiger partial charge in [0.2, 0.25) is 0 Å². The molecule has 5 nitrogen and oxygen atoms in total. The van der Waals surface area contributed by atoms with Gasteiger partial charge in [-0.1, -0.05) is 0 Å². The van der Waals surface area contributed by atoms with E-state index in [2.05, 4.69) is 9.88 Å². The number of nitrogens with zero attached hydrogens (tertiary/aromatic N) is 3. The highest BCUT2D eigenvalue weighted by molar-refractivity contribution is 5.36. The molecule has 20 heavy (non-hydrogen) atoms. The van der Waals surface area contributed by atoms with Crippen LogP contribution in [0.15, 0.2) is 17.2 Å². The molecule has 1 aromatic heterocycles. The molecular formula is C15H26N4O. The van der Waals surface area contributed by atoms with Crippen LogP contribution in [0.5, 0.6) is 0 Å². The number of nitrogens with two attached hydrogens (primary N) is 1. The Morgan fingerprint density at radius 3 is 2.85 bits per heavy atom. The lowest BCUT2D eigenvalue weighted by molar-refractivity contribution is 0.373. The van der Waals surface area contributed by atoms with Crippen molar-refractivity contribution in [3.8, 4) is 0 Å². The van der Waals surface area contributed by atoms with Gasteiger partial charge in [0.25, 0.3) is 5.56 Å². The van der Waals surface area contributed by atoms with Crippen molar-refractivity contribution in [3.05, 3.63) is 22.7 Å². The van der Waals surface area contributed by atoms with Crippen molar-refractivity contribution in [2.45, 2.75) is 45.6 Å². The van der Waals surface area contributed by atoms with Crippen LogP contribution in [-0.2, 0) is 5.54 Å². The average Bonchev–Trinajstić information content (AvgIpc) is 2.38. The smallest absolute Gasteiger partial charge is 0.293 e. The summed E-state index contributed by atoms with van der Waals surface area (Å²) in [6, 6.07) is 0. The van der Waals surface area contributed by atoms with E-state index in [4.69, 9.17) is 5.73 Å². The predicted molar refractivity (Wildman–Crippen MR) is 82.1 cm³/mol. The predicted octanol–water partition coefficient (Wildman–Crippen LogP) is 1.56. The number of hydrogen-bond donors (Lipinski definition) is 1. The summed E-state index contributed by atoms with van der Waals surface area (Å²) < 4.78 is 1.77. The van der Waals surface area contributed by atoms with Gasteiger partial charge >= 0.3 is 0 Å². The lowest BCUT2D eigenvalue weighted by atomic mass is 9.95. The van der Waals surface area contributed by atoms with E-state index in [-0.39, 0.29) is 11.1 Å². The van der Waals surface area contributed by atoms with Crippen molar-refractivity contribution in [2.75, 3.05) is 24.5 Å². The van der Waals surface area contributed by atoms with E-state index in [9.17, 15) is 4.79 Å². The number of hydrogen-bond acceptors (Lipinski definition) is 4. The van der Waals surface area contributed by atoms with Gasteiger partial charge in [0, 0.05) is 31.0 Å². The summed E-state index contributed by atoms with van der Waals surface area (Å²) in [6.45, 7) is 8.63. The summed E-state index contributed by atoms with van der Waals surface area (Å²) in [4.78, 5) is 19.1. The molecule has 0 saturated carbocycles. The minimum absolute atomic E-state index is 0.00778. The Balaban J connectivity index is 2.27. The minimum atomic E-state index is -0.221.